The third-order valence-corrected chi connectivity index (χ3v) is 2.81. The van der Waals surface area contributed by atoms with E-state index in [4.69, 9.17) is 11.6 Å². The summed E-state index contributed by atoms with van der Waals surface area (Å²) in [5.74, 6) is 0.864. The van der Waals surface area contributed by atoms with Crippen molar-refractivity contribution in [3.05, 3.63) is 0 Å². The molecule has 1 aliphatic rings. The van der Waals surface area contributed by atoms with E-state index in [-0.39, 0.29) is 0 Å². The number of hydrogen-bond donors (Lipinski definition) is 0. The Morgan fingerprint density at radius 2 is 2.00 bits per heavy atom. The summed E-state index contributed by atoms with van der Waals surface area (Å²) in [7, 11) is 0. The van der Waals surface area contributed by atoms with E-state index >= 15 is 0 Å². The van der Waals surface area contributed by atoms with Gasteiger partial charge in [0.2, 0.25) is 0 Å². The van der Waals surface area contributed by atoms with Gasteiger partial charge in [0.05, 0.1) is 6.61 Å². The average Bonchev–Trinajstić information content (AvgIpc) is 2.14. The molecule has 1 saturated carbocycles. The fourth-order valence-electron chi connectivity index (χ4n) is 2.00. The van der Waals surface area contributed by atoms with E-state index < -0.39 is 5.43 Å². The molecule has 3 heteroatoms. The molecule has 0 aliphatic heterocycles. The Kier molecular flexibility index (Phi) is 5.21. The number of hydrogen-bond acceptors (Lipinski definition) is 2. The van der Waals surface area contributed by atoms with Gasteiger partial charge in [-0.3, -0.25) is 0 Å². The normalized spacial score (nSPS) is 18.5. The number of rotatable bonds is 4. The summed E-state index contributed by atoms with van der Waals surface area (Å²) in [6.45, 7) is 0.485. The zero-order valence-electron chi connectivity index (χ0n) is 7.93. The van der Waals surface area contributed by atoms with Gasteiger partial charge in [0.1, 0.15) is 0 Å². The van der Waals surface area contributed by atoms with Gasteiger partial charge in [-0.15, -0.1) is 0 Å². The molecule has 0 heterocycles. The standard InChI is InChI=1S/C10H17ClO2/c11-10(12)13-8-4-7-9-5-2-1-3-6-9/h9H,1-8H2. The molecule has 0 saturated heterocycles. The minimum Gasteiger partial charge on any atom is -0.454 e. The van der Waals surface area contributed by atoms with Gasteiger partial charge in [-0.05, 0) is 18.8 Å². The Labute approximate surface area is 84.6 Å². The Morgan fingerprint density at radius 1 is 1.31 bits per heavy atom. The molecular formula is C10H17ClO2. The Morgan fingerprint density at radius 3 is 2.62 bits per heavy atom. The number of carbonyl (C=O) groups is 1. The summed E-state index contributed by atoms with van der Waals surface area (Å²) >= 11 is 5.04. The molecule has 0 amide bonds. The minimum absolute atomic E-state index is 0.485. The summed E-state index contributed by atoms with van der Waals surface area (Å²) < 4.78 is 4.66. The van der Waals surface area contributed by atoms with Crippen LogP contribution in [0.4, 0.5) is 4.79 Å². The van der Waals surface area contributed by atoms with Crippen molar-refractivity contribution in [1.29, 1.82) is 0 Å². The first kappa shape index (κ1) is 10.8. The third-order valence-electron chi connectivity index (χ3n) is 2.70. The van der Waals surface area contributed by atoms with Crippen molar-refractivity contribution in [2.45, 2.75) is 44.9 Å². The van der Waals surface area contributed by atoms with Gasteiger partial charge in [0.15, 0.2) is 0 Å². The highest BCUT2D eigenvalue weighted by Gasteiger charge is 2.12. The number of carbonyl (C=O) groups excluding carboxylic acids is 1. The van der Waals surface area contributed by atoms with Crippen LogP contribution in [0.1, 0.15) is 44.9 Å². The maximum atomic E-state index is 10.2. The molecule has 0 aromatic rings. The third kappa shape index (κ3) is 5.14. The number of halogens is 1. The van der Waals surface area contributed by atoms with Crippen molar-refractivity contribution >= 4 is 17.0 Å². The fraction of sp³-hybridized carbons (Fsp3) is 0.900. The van der Waals surface area contributed by atoms with E-state index in [1.54, 1.807) is 0 Å². The van der Waals surface area contributed by atoms with E-state index in [1.165, 1.54) is 38.5 Å². The Hall–Kier alpha value is -0.240. The Bertz CT molecular complexity index is 153. The lowest BCUT2D eigenvalue weighted by molar-refractivity contribution is 0.166. The molecule has 0 aromatic carbocycles. The van der Waals surface area contributed by atoms with Crippen molar-refractivity contribution in [2.75, 3.05) is 6.61 Å². The average molecular weight is 205 g/mol. The van der Waals surface area contributed by atoms with Gasteiger partial charge < -0.3 is 4.74 Å². The van der Waals surface area contributed by atoms with Crippen molar-refractivity contribution in [3.8, 4) is 0 Å². The highest BCUT2D eigenvalue weighted by Crippen LogP contribution is 2.27. The van der Waals surface area contributed by atoms with Gasteiger partial charge >= 0.3 is 5.43 Å². The van der Waals surface area contributed by atoms with Gasteiger partial charge in [-0.25, -0.2) is 4.79 Å². The molecule has 1 aliphatic carbocycles. The molecule has 0 radical (unpaired) electrons. The zero-order valence-corrected chi connectivity index (χ0v) is 8.68. The lowest BCUT2D eigenvalue weighted by Crippen LogP contribution is -2.07. The first-order valence-corrected chi connectivity index (χ1v) is 5.49. The molecular weight excluding hydrogens is 188 g/mol. The van der Waals surface area contributed by atoms with Gasteiger partial charge in [-0.2, -0.15) is 0 Å². The van der Waals surface area contributed by atoms with Crippen LogP contribution in [-0.4, -0.2) is 12.0 Å². The second kappa shape index (κ2) is 6.25. The molecule has 13 heavy (non-hydrogen) atoms. The van der Waals surface area contributed by atoms with E-state index in [1.807, 2.05) is 0 Å². The summed E-state index contributed by atoms with van der Waals surface area (Å²) in [5.41, 5.74) is -0.677. The predicted molar refractivity (Wildman–Crippen MR) is 53.0 cm³/mol. The SMILES string of the molecule is O=C(Cl)OCCCC1CCCCC1. The van der Waals surface area contributed by atoms with Crippen LogP contribution in [0, 0.1) is 5.92 Å². The molecule has 0 aromatic heterocycles. The molecule has 0 unspecified atom stereocenters. The summed E-state index contributed by atoms with van der Waals surface area (Å²) in [6.07, 6.45) is 9.00. The van der Waals surface area contributed by atoms with Crippen LogP contribution in [-0.2, 0) is 4.74 Å². The van der Waals surface area contributed by atoms with Crippen LogP contribution in [0.15, 0.2) is 0 Å². The second-order valence-corrected chi connectivity index (χ2v) is 4.04. The smallest absolute Gasteiger partial charge is 0.403 e. The van der Waals surface area contributed by atoms with Crippen molar-refractivity contribution in [2.24, 2.45) is 5.92 Å². The van der Waals surface area contributed by atoms with Crippen molar-refractivity contribution < 1.29 is 9.53 Å². The minimum atomic E-state index is -0.677. The largest absolute Gasteiger partial charge is 0.454 e. The molecule has 0 atom stereocenters. The highest BCUT2D eigenvalue weighted by molar-refractivity contribution is 6.61. The molecule has 1 fully saturated rings. The van der Waals surface area contributed by atoms with Gasteiger partial charge in [0.25, 0.3) is 0 Å². The van der Waals surface area contributed by atoms with Crippen LogP contribution in [0.5, 0.6) is 0 Å². The highest BCUT2D eigenvalue weighted by atomic mass is 35.5. The second-order valence-electron chi connectivity index (χ2n) is 3.73. The topological polar surface area (TPSA) is 26.3 Å². The molecule has 1 rings (SSSR count). The quantitative estimate of drug-likeness (QED) is 0.515. The summed E-state index contributed by atoms with van der Waals surface area (Å²) in [4.78, 5) is 10.2. The van der Waals surface area contributed by atoms with E-state index in [0.29, 0.717) is 6.61 Å². The lowest BCUT2D eigenvalue weighted by atomic mass is 9.86. The first-order valence-electron chi connectivity index (χ1n) is 5.11. The van der Waals surface area contributed by atoms with Crippen LogP contribution < -0.4 is 0 Å². The number of ether oxygens (including phenoxy) is 1. The fourth-order valence-corrected chi connectivity index (χ4v) is 2.08. The molecule has 0 N–H and O–H groups in total. The van der Waals surface area contributed by atoms with Gasteiger partial charge in [-0.1, -0.05) is 32.1 Å². The molecule has 2 nitrogen and oxygen atoms in total. The van der Waals surface area contributed by atoms with Crippen molar-refractivity contribution in [3.63, 3.8) is 0 Å². The monoisotopic (exact) mass is 204 g/mol. The maximum Gasteiger partial charge on any atom is 0.403 e. The van der Waals surface area contributed by atoms with E-state index in [2.05, 4.69) is 4.74 Å². The van der Waals surface area contributed by atoms with E-state index in [0.717, 1.165) is 12.3 Å². The van der Waals surface area contributed by atoms with Crippen LogP contribution in [0.2, 0.25) is 0 Å². The summed E-state index contributed by atoms with van der Waals surface area (Å²) in [6, 6.07) is 0. The molecule has 0 bridgehead atoms. The Balaban J connectivity index is 1.95. The van der Waals surface area contributed by atoms with Crippen molar-refractivity contribution in [1.82, 2.24) is 0 Å². The maximum absolute atomic E-state index is 10.2. The predicted octanol–water partition coefficient (Wildman–Crippen LogP) is 3.72. The van der Waals surface area contributed by atoms with Crippen LogP contribution in [0.3, 0.4) is 0 Å². The van der Waals surface area contributed by atoms with Gasteiger partial charge in [0, 0.05) is 11.6 Å². The molecule has 76 valence electrons. The zero-order chi connectivity index (χ0) is 9.52. The van der Waals surface area contributed by atoms with Crippen LogP contribution in [0.25, 0.3) is 0 Å². The van der Waals surface area contributed by atoms with Crippen LogP contribution >= 0.6 is 11.6 Å². The first-order chi connectivity index (χ1) is 6.29. The molecule has 0 spiro atoms. The van der Waals surface area contributed by atoms with E-state index in [9.17, 15) is 4.79 Å². The lowest BCUT2D eigenvalue weighted by Gasteiger charge is -2.20. The summed E-state index contributed by atoms with van der Waals surface area (Å²) in [5, 5.41) is 0.